The van der Waals surface area contributed by atoms with Gasteiger partial charge in [-0.15, -0.1) is 0 Å². The van der Waals surface area contributed by atoms with Crippen LogP contribution in [0.2, 0.25) is 5.02 Å². The molecule has 9 heteroatoms. The van der Waals surface area contributed by atoms with Crippen molar-refractivity contribution in [2.75, 3.05) is 19.3 Å². The average Bonchev–Trinajstić information content (AvgIpc) is 3.58. The maximum atomic E-state index is 14.9. The summed E-state index contributed by atoms with van der Waals surface area (Å²) in [6.45, 7) is 5.90. The largest absolute Gasteiger partial charge is 0.489 e. The van der Waals surface area contributed by atoms with Crippen molar-refractivity contribution in [2.45, 2.75) is 57.1 Å². The number of nitrogens with zero attached hydrogens (tertiary/aromatic N) is 1. The van der Waals surface area contributed by atoms with Crippen LogP contribution in [-0.2, 0) is 15.6 Å². The zero-order valence-electron chi connectivity index (χ0n) is 19.6. The molecule has 1 amide bonds. The summed E-state index contributed by atoms with van der Waals surface area (Å²) >= 11 is 6.22. The zero-order valence-corrected chi connectivity index (χ0v) is 21.2. The number of carbonyl (C=O) groups is 1. The van der Waals surface area contributed by atoms with Crippen LogP contribution in [0.25, 0.3) is 0 Å². The van der Waals surface area contributed by atoms with Crippen molar-refractivity contribution >= 4 is 27.5 Å². The monoisotopic (exact) mass is 508 g/mol. The number of piperidine rings is 1. The molecule has 1 heterocycles. The number of benzene rings is 2. The Morgan fingerprint density at radius 2 is 1.94 bits per heavy atom. The van der Waals surface area contributed by atoms with Crippen LogP contribution in [0.5, 0.6) is 5.75 Å². The Balaban J connectivity index is 1.55. The maximum Gasteiger partial charge on any atom is 0.267 e. The van der Waals surface area contributed by atoms with Gasteiger partial charge in [0.15, 0.2) is 0 Å². The molecular weight excluding hydrogens is 479 g/mol. The molecule has 2 aromatic rings. The van der Waals surface area contributed by atoms with E-state index in [0.29, 0.717) is 17.3 Å². The molecule has 1 aliphatic carbocycles. The first kappa shape index (κ1) is 24.9. The summed E-state index contributed by atoms with van der Waals surface area (Å²) < 4.78 is 45.9. The fourth-order valence-electron chi connectivity index (χ4n) is 4.56. The van der Waals surface area contributed by atoms with Gasteiger partial charge >= 0.3 is 0 Å². The number of ether oxygens (including phenoxy) is 1. The molecule has 1 N–H and O–H groups in total. The van der Waals surface area contributed by atoms with E-state index in [4.69, 9.17) is 16.3 Å². The number of likely N-dealkylation sites (tertiary alicyclic amines) is 1. The number of rotatable bonds is 7. The lowest BCUT2D eigenvalue weighted by Gasteiger charge is -2.44. The van der Waals surface area contributed by atoms with Crippen LogP contribution in [-0.4, -0.2) is 44.7 Å². The van der Waals surface area contributed by atoms with Gasteiger partial charge in [0.2, 0.25) is 10.0 Å². The minimum atomic E-state index is -3.80. The Morgan fingerprint density at radius 1 is 1.21 bits per heavy atom. The highest BCUT2D eigenvalue weighted by Gasteiger charge is 2.35. The molecule has 6 nitrogen and oxygen atoms in total. The Kier molecular flexibility index (Phi) is 6.95. The second-order valence-corrected chi connectivity index (χ2v) is 11.9. The lowest BCUT2D eigenvalue weighted by atomic mass is 9.89. The molecule has 2 fully saturated rings. The molecule has 0 aromatic heterocycles. The number of halogens is 2. The lowest BCUT2D eigenvalue weighted by Crippen LogP contribution is -2.50. The van der Waals surface area contributed by atoms with Crippen LogP contribution in [0.15, 0.2) is 36.4 Å². The molecule has 0 unspecified atom stereocenters. The predicted octanol–water partition coefficient (Wildman–Crippen LogP) is 4.82. The van der Waals surface area contributed by atoms with Crippen molar-refractivity contribution in [2.24, 2.45) is 0 Å². The molecule has 1 saturated carbocycles. The first-order valence-electron chi connectivity index (χ1n) is 11.5. The number of sulfonamides is 1. The predicted molar refractivity (Wildman–Crippen MR) is 130 cm³/mol. The standard InChI is InChI=1S/C25H30ClFN2O4S/c1-25(2,17-6-4-7-18(26)12-17)29-11-5-8-19(15-29)33-23-14-22(27)21(13-20(23)16-9-10-16)24(30)28-34(3,31)32/h4,6-7,12-14,16,19H,5,8-11,15H2,1-3H3,(H,28,30)/t19-/m1/s1. The summed E-state index contributed by atoms with van der Waals surface area (Å²) in [6.07, 6.45) is 4.35. The molecule has 1 aliphatic heterocycles. The second-order valence-electron chi connectivity index (χ2n) is 9.74. The number of amides is 1. The molecule has 2 aromatic carbocycles. The number of hydrogen-bond acceptors (Lipinski definition) is 5. The molecule has 4 rings (SSSR count). The lowest BCUT2D eigenvalue weighted by molar-refractivity contribution is 0.0243. The SMILES string of the molecule is CC(C)(c1cccc(Cl)c1)N1CCC[C@@H](Oc2cc(F)c(C(=O)NS(C)(=O)=O)cc2C2CC2)C1. The molecule has 2 aliphatic rings. The topological polar surface area (TPSA) is 75.7 Å². The third-order valence-electron chi connectivity index (χ3n) is 6.63. The van der Waals surface area contributed by atoms with Gasteiger partial charge in [0.25, 0.3) is 5.91 Å². The van der Waals surface area contributed by atoms with E-state index in [0.717, 1.165) is 49.6 Å². The fraction of sp³-hybridized carbons (Fsp3) is 0.480. The van der Waals surface area contributed by atoms with Crippen molar-refractivity contribution in [3.63, 3.8) is 0 Å². The minimum absolute atomic E-state index is 0.139. The molecular formula is C25H30ClFN2O4S. The number of nitrogens with one attached hydrogen (secondary N) is 1. The third kappa shape index (κ3) is 5.73. The van der Waals surface area contributed by atoms with Gasteiger partial charge in [-0.05, 0) is 81.3 Å². The van der Waals surface area contributed by atoms with E-state index >= 15 is 0 Å². The molecule has 0 bridgehead atoms. The van der Waals surface area contributed by atoms with Crippen LogP contribution in [0.3, 0.4) is 0 Å². The summed E-state index contributed by atoms with van der Waals surface area (Å²) in [5.74, 6) is -1.15. The molecule has 0 radical (unpaired) electrons. The van der Waals surface area contributed by atoms with Crippen LogP contribution < -0.4 is 9.46 Å². The van der Waals surface area contributed by atoms with E-state index in [1.54, 1.807) is 0 Å². The molecule has 1 atom stereocenters. The second kappa shape index (κ2) is 9.47. The Hall–Kier alpha value is -2.16. The number of hydrogen-bond donors (Lipinski definition) is 1. The zero-order chi connectivity index (χ0) is 24.7. The highest BCUT2D eigenvalue weighted by atomic mass is 35.5. The molecule has 0 spiro atoms. The van der Waals surface area contributed by atoms with E-state index in [1.165, 1.54) is 12.1 Å². The van der Waals surface area contributed by atoms with Crippen molar-refractivity contribution < 1.29 is 22.3 Å². The average molecular weight is 509 g/mol. The van der Waals surface area contributed by atoms with Gasteiger partial charge in [-0.3, -0.25) is 9.69 Å². The summed E-state index contributed by atoms with van der Waals surface area (Å²) in [6, 6.07) is 10.5. The highest BCUT2D eigenvalue weighted by Crippen LogP contribution is 2.45. The number of carbonyl (C=O) groups excluding carboxylic acids is 1. The summed E-state index contributed by atoms with van der Waals surface area (Å²) in [5.41, 5.74) is 1.33. The molecule has 34 heavy (non-hydrogen) atoms. The Bertz CT molecular complexity index is 1200. The quantitative estimate of drug-likeness (QED) is 0.580. The van der Waals surface area contributed by atoms with Crippen molar-refractivity contribution in [3.05, 3.63) is 63.9 Å². The summed E-state index contributed by atoms with van der Waals surface area (Å²) in [4.78, 5) is 14.7. The summed E-state index contributed by atoms with van der Waals surface area (Å²) in [5, 5.41) is 0.694. The maximum absolute atomic E-state index is 14.9. The first-order valence-corrected chi connectivity index (χ1v) is 13.7. The Morgan fingerprint density at radius 3 is 2.59 bits per heavy atom. The van der Waals surface area contributed by atoms with E-state index in [-0.39, 0.29) is 23.1 Å². The molecule has 184 valence electrons. The van der Waals surface area contributed by atoms with E-state index in [9.17, 15) is 17.6 Å². The normalized spacial score (nSPS) is 19.6. The van der Waals surface area contributed by atoms with Crippen molar-refractivity contribution in [3.8, 4) is 5.75 Å². The van der Waals surface area contributed by atoms with Crippen LogP contribution in [0.1, 0.15) is 66.9 Å². The van der Waals surface area contributed by atoms with Crippen LogP contribution in [0.4, 0.5) is 4.39 Å². The third-order valence-corrected chi connectivity index (χ3v) is 7.42. The van der Waals surface area contributed by atoms with Crippen molar-refractivity contribution in [1.82, 2.24) is 9.62 Å². The summed E-state index contributed by atoms with van der Waals surface area (Å²) in [7, 11) is -3.80. The van der Waals surface area contributed by atoms with Crippen LogP contribution in [0, 0.1) is 5.82 Å². The first-order chi connectivity index (χ1) is 15.9. The van der Waals surface area contributed by atoms with E-state index in [1.807, 2.05) is 22.9 Å². The van der Waals surface area contributed by atoms with Gasteiger partial charge in [-0.1, -0.05) is 23.7 Å². The van der Waals surface area contributed by atoms with E-state index < -0.39 is 21.7 Å². The van der Waals surface area contributed by atoms with Gasteiger partial charge in [-0.2, -0.15) is 0 Å². The van der Waals surface area contributed by atoms with Crippen LogP contribution >= 0.6 is 11.6 Å². The Labute approximate surface area is 205 Å². The van der Waals surface area contributed by atoms with Gasteiger partial charge in [0, 0.05) is 23.2 Å². The van der Waals surface area contributed by atoms with Gasteiger partial charge in [0.05, 0.1) is 11.8 Å². The van der Waals surface area contributed by atoms with Gasteiger partial charge < -0.3 is 4.74 Å². The highest BCUT2D eigenvalue weighted by molar-refractivity contribution is 7.89. The smallest absolute Gasteiger partial charge is 0.267 e. The minimum Gasteiger partial charge on any atom is -0.489 e. The fourth-order valence-corrected chi connectivity index (χ4v) is 5.19. The van der Waals surface area contributed by atoms with Crippen molar-refractivity contribution in [1.29, 1.82) is 0 Å². The van der Waals surface area contributed by atoms with Gasteiger partial charge in [0.1, 0.15) is 17.7 Å². The molecule has 1 saturated heterocycles. The van der Waals surface area contributed by atoms with Gasteiger partial charge in [-0.25, -0.2) is 17.5 Å². The van der Waals surface area contributed by atoms with E-state index in [2.05, 4.69) is 24.8 Å².